The number of aryl methyl sites for hydroxylation is 1. The lowest BCUT2D eigenvalue weighted by Crippen LogP contribution is -2.29. The van der Waals surface area contributed by atoms with E-state index < -0.39 is 5.91 Å². The highest BCUT2D eigenvalue weighted by atomic mass is 16.5. The van der Waals surface area contributed by atoms with Crippen molar-refractivity contribution in [2.45, 2.75) is 26.2 Å². The zero-order valence-corrected chi connectivity index (χ0v) is 11.7. The minimum Gasteiger partial charge on any atom is -0.398 e. The molecule has 0 fully saturated rings. The van der Waals surface area contributed by atoms with Gasteiger partial charge in [-0.15, -0.1) is 0 Å². The monoisotopic (exact) mass is 274 g/mol. The standard InChI is InChI=1S/C16H20N2O2.H2/c1-12-7-8-15(17)14(11-12)16(19)18(20)10-9-13-5-3-2-4-6-13;/h3,5-8,11,20H,2,4,9-10,17H2,1H3;1H. The fourth-order valence-corrected chi connectivity index (χ4v) is 2.18. The van der Waals surface area contributed by atoms with Gasteiger partial charge in [0.25, 0.3) is 5.91 Å². The molecule has 0 atom stereocenters. The number of nitrogens with zero attached hydrogens (tertiary/aromatic N) is 1. The van der Waals surface area contributed by atoms with Crippen LogP contribution in [0.4, 0.5) is 5.69 Å². The van der Waals surface area contributed by atoms with Crippen LogP contribution >= 0.6 is 0 Å². The van der Waals surface area contributed by atoms with Crippen LogP contribution in [-0.2, 0) is 0 Å². The highest BCUT2D eigenvalue weighted by molar-refractivity contribution is 5.98. The van der Waals surface area contributed by atoms with E-state index in [-0.39, 0.29) is 7.97 Å². The Labute approximate surface area is 120 Å². The fraction of sp³-hybridized carbons (Fsp3) is 0.312. The van der Waals surface area contributed by atoms with Gasteiger partial charge in [0.1, 0.15) is 0 Å². The van der Waals surface area contributed by atoms with E-state index in [1.807, 2.05) is 19.1 Å². The molecule has 1 aromatic rings. The van der Waals surface area contributed by atoms with Crippen molar-refractivity contribution in [3.8, 4) is 0 Å². The molecule has 4 heteroatoms. The van der Waals surface area contributed by atoms with Gasteiger partial charge in [0.05, 0.1) is 12.1 Å². The zero-order chi connectivity index (χ0) is 14.5. The lowest BCUT2D eigenvalue weighted by atomic mass is 10.0. The summed E-state index contributed by atoms with van der Waals surface area (Å²) in [7, 11) is 0. The zero-order valence-electron chi connectivity index (χ0n) is 11.7. The van der Waals surface area contributed by atoms with Crippen LogP contribution in [0.25, 0.3) is 0 Å². The third-order valence-electron chi connectivity index (χ3n) is 3.36. The van der Waals surface area contributed by atoms with Gasteiger partial charge in [0.15, 0.2) is 0 Å². The molecule has 1 aliphatic rings. The van der Waals surface area contributed by atoms with Gasteiger partial charge >= 0.3 is 0 Å². The predicted octanol–water partition coefficient (Wildman–Crippen LogP) is 3.32. The SMILES string of the molecule is Cc1ccc(N)c(C(=O)N(O)CCC2=CCCC=C2)c1.[HH]. The highest BCUT2D eigenvalue weighted by Gasteiger charge is 2.16. The number of carbonyl (C=O) groups excluding carboxylic acids is 1. The van der Waals surface area contributed by atoms with Crippen LogP contribution in [0.3, 0.4) is 0 Å². The van der Waals surface area contributed by atoms with E-state index in [9.17, 15) is 10.0 Å². The lowest BCUT2D eigenvalue weighted by Gasteiger charge is -2.17. The molecule has 0 unspecified atom stereocenters. The summed E-state index contributed by atoms with van der Waals surface area (Å²) < 4.78 is 0. The minimum atomic E-state index is -0.452. The second-order valence-electron chi connectivity index (χ2n) is 5.03. The number of hydrogen-bond donors (Lipinski definition) is 2. The van der Waals surface area contributed by atoms with Crippen molar-refractivity contribution in [3.05, 3.63) is 53.1 Å². The van der Waals surface area contributed by atoms with E-state index in [1.165, 1.54) is 0 Å². The molecular weight excluding hydrogens is 252 g/mol. The van der Waals surface area contributed by atoms with E-state index in [4.69, 9.17) is 5.73 Å². The summed E-state index contributed by atoms with van der Waals surface area (Å²) in [6.45, 7) is 2.15. The Hall–Kier alpha value is -2.07. The normalized spacial score (nSPS) is 14.0. The molecule has 1 aliphatic carbocycles. The summed E-state index contributed by atoms with van der Waals surface area (Å²) in [5.41, 5.74) is 8.61. The average Bonchev–Trinajstić information content (AvgIpc) is 2.47. The highest BCUT2D eigenvalue weighted by Crippen LogP contribution is 2.17. The largest absolute Gasteiger partial charge is 0.398 e. The van der Waals surface area contributed by atoms with Gasteiger partial charge in [-0.3, -0.25) is 10.0 Å². The molecule has 0 saturated carbocycles. The molecule has 0 heterocycles. The summed E-state index contributed by atoms with van der Waals surface area (Å²) in [5, 5.41) is 10.6. The number of nitrogens with two attached hydrogens (primary N) is 1. The third kappa shape index (κ3) is 3.48. The number of amides is 1. The van der Waals surface area contributed by atoms with Gasteiger partial charge in [-0.25, -0.2) is 5.06 Å². The lowest BCUT2D eigenvalue weighted by molar-refractivity contribution is -0.0569. The van der Waals surface area contributed by atoms with Crippen LogP contribution in [0, 0.1) is 6.92 Å². The van der Waals surface area contributed by atoms with E-state index in [0.717, 1.165) is 29.0 Å². The number of hydroxylamine groups is 2. The maximum Gasteiger partial charge on any atom is 0.279 e. The van der Waals surface area contributed by atoms with Crippen molar-refractivity contribution in [2.24, 2.45) is 0 Å². The molecule has 0 bridgehead atoms. The number of anilines is 1. The smallest absolute Gasteiger partial charge is 0.279 e. The molecule has 108 valence electrons. The average molecular weight is 274 g/mol. The van der Waals surface area contributed by atoms with Gasteiger partial charge in [0, 0.05) is 7.11 Å². The number of rotatable bonds is 4. The maximum atomic E-state index is 12.1. The number of benzene rings is 1. The Morgan fingerprint density at radius 3 is 2.95 bits per heavy atom. The predicted molar refractivity (Wildman–Crippen MR) is 81.6 cm³/mol. The number of hydrogen-bond acceptors (Lipinski definition) is 3. The summed E-state index contributed by atoms with van der Waals surface area (Å²) in [6, 6.07) is 5.22. The number of allylic oxidation sites excluding steroid dienone is 3. The van der Waals surface area contributed by atoms with E-state index in [0.29, 0.717) is 17.7 Å². The Balaban J connectivity index is 0.00000220. The van der Waals surface area contributed by atoms with Crippen LogP contribution in [0.1, 0.15) is 36.6 Å². The van der Waals surface area contributed by atoms with Crippen molar-refractivity contribution < 1.29 is 11.4 Å². The Morgan fingerprint density at radius 1 is 1.45 bits per heavy atom. The number of nitrogen functional groups attached to an aromatic ring is 1. The van der Waals surface area contributed by atoms with Crippen LogP contribution in [0.15, 0.2) is 42.0 Å². The molecule has 3 N–H and O–H groups in total. The van der Waals surface area contributed by atoms with Gasteiger partial charge in [-0.2, -0.15) is 0 Å². The molecule has 0 saturated heterocycles. The van der Waals surface area contributed by atoms with Crippen molar-refractivity contribution in [3.63, 3.8) is 0 Å². The van der Waals surface area contributed by atoms with Crippen molar-refractivity contribution >= 4 is 11.6 Å². The Morgan fingerprint density at radius 2 is 2.25 bits per heavy atom. The molecular formula is C16H22N2O2. The summed E-state index contributed by atoms with van der Waals surface area (Å²) in [5.74, 6) is -0.452. The molecule has 0 aliphatic heterocycles. The van der Waals surface area contributed by atoms with Gasteiger partial charge < -0.3 is 5.73 Å². The first-order chi connectivity index (χ1) is 9.58. The molecule has 0 radical (unpaired) electrons. The first-order valence-corrected chi connectivity index (χ1v) is 6.80. The Kier molecular flexibility index (Phi) is 4.58. The van der Waals surface area contributed by atoms with Gasteiger partial charge in [0.2, 0.25) is 0 Å². The first kappa shape index (κ1) is 14.3. The van der Waals surface area contributed by atoms with Crippen molar-refractivity contribution in [1.29, 1.82) is 0 Å². The van der Waals surface area contributed by atoms with Crippen LogP contribution < -0.4 is 5.73 Å². The Bertz CT molecular complexity index is 567. The fourth-order valence-electron chi connectivity index (χ4n) is 2.18. The van der Waals surface area contributed by atoms with Crippen LogP contribution in [0.5, 0.6) is 0 Å². The van der Waals surface area contributed by atoms with E-state index in [2.05, 4.69) is 12.2 Å². The summed E-state index contributed by atoms with van der Waals surface area (Å²) >= 11 is 0. The maximum absolute atomic E-state index is 12.1. The molecule has 0 spiro atoms. The molecule has 1 aromatic carbocycles. The topological polar surface area (TPSA) is 66.6 Å². The van der Waals surface area contributed by atoms with E-state index in [1.54, 1.807) is 12.1 Å². The van der Waals surface area contributed by atoms with Crippen molar-refractivity contribution in [1.82, 2.24) is 5.06 Å². The van der Waals surface area contributed by atoms with Crippen LogP contribution in [0.2, 0.25) is 0 Å². The second kappa shape index (κ2) is 6.39. The molecule has 2 rings (SSSR count). The first-order valence-electron chi connectivity index (χ1n) is 6.80. The summed E-state index contributed by atoms with van der Waals surface area (Å²) in [6.07, 6.45) is 9.02. The van der Waals surface area contributed by atoms with Crippen LogP contribution in [-0.4, -0.2) is 22.7 Å². The minimum absolute atomic E-state index is 0. The quantitative estimate of drug-likeness (QED) is 0.503. The summed E-state index contributed by atoms with van der Waals surface area (Å²) in [4.78, 5) is 12.1. The molecule has 4 nitrogen and oxygen atoms in total. The molecule has 0 aromatic heterocycles. The van der Waals surface area contributed by atoms with Gasteiger partial charge in [-0.05, 0) is 38.3 Å². The van der Waals surface area contributed by atoms with E-state index >= 15 is 0 Å². The molecule has 1 amide bonds. The second-order valence-corrected chi connectivity index (χ2v) is 5.03. The third-order valence-corrected chi connectivity index (χ3v) is 3.36. The number of carbonyl (C=O) groups is 1. The molecule has 20 heavy (non-hydrogen) atoms. The van der Waals surface area contributed by atoms with Crippen molar-refractivity contribution in [2.75, 3.05) is 12.3 Å². The van der Waals surface area contributed by atoms with Gasteiger partial charge in [-0.1, -0.05) is 35.4 Å².